The summed E-state index contributed by atoms with van der Waals surface area (Å²) in [5, 5.41) is 8.81. The van der Waals surface area contributed by atoms with Crippen molar-refractivity contribution in [2.45, 2.75) is 11.8 Å². The molecule has 0 spiro atoms. The van der Waals surface area contributed by atoms with E-state index in [1.807, 2.05) is 25.1 Å². The fourth-order valence-corrected chi connectivity index (χ4v) is 2.68. The number of aryl methyl sites for hydroxylation is 1. The van der Waals surface area contributed by atoms with Crippen molar-refractivity contribution >= 4 is 23.4 Å². The molecule has 0 amide bonds. The summed E-state index contributed by atoms with van der Waals surface area (Å²) in [5.74, 6) is 0.552. The maximum Gasteiger partial charge on any atom is 0.335 e. The molecule has 2 aromatic rings. The SMILES string of the molecule is Cc1cc(N)ccc1SCCOc1ccc(C(=O)O)cc1. The zero-order valence-electron chi connectivity index (χ0n) is 11.7. The van der Waals surface area contributed by atoms with Gasteiger partial charge in [-0.25, -0.2) is 4.79 Å². The lowest BCUT2D eigenvalue weighted by molar-refractivity contribution is 0.0697. The third kappa shape index (κ3) is 4.43. The zero-order chi connectivity index (χ0) is 15.2. The number of rotatable bonds is 6. The molecule has 21 heavy (non-hydrogen) atoms. The molecule has 0 aliphatic heterocycles. The zero-order valence-corrected chi connectivity index (χ0v) is 12.5. The van der Waals surface area contributed by atoms with E-state index < -0.39 is 5.97 Å². The van der Waals surface area contributed by atoms with Crippen LogP contribution in [-0.4, -0.2) is 23.4 Å². The molecule has 5 heteroatoms. The highest BCUT2D eigenvalue weighted by Gasteiger charge is 2.03. The van der Waals surface area contributed by atoms with Crippen molar-refractivity contribution in [2.24, 2.45) is 0 Å². The van der Waals surface area contributed by atoms with Gasteiger partial charge in [0.15, 0.2) is 0 Å². The largest absolute Gasteiger partial charge is 0.493 e. The molecule has 2 aromatic carbocycles. The average molecular weight is 303 g/mol. The Morgan fingerprint density at radius 2 is 1.95 bits per heavy atom. The molecule has 4 nitrogen and oxygen atoms in total. The third-order valence-electron chi connectivity index (χ3n) is 2.91. The molecular formula is C16H17NO3S. The smallest absolute Gasteiger partial charge is 0.335 e. The summed E-state index contributed by atoms with van der Waals surface area (Å²) in [7, 11) is 0. The summed E-state index contributed by atoms with van der Waals surface area (Å²) in [6, 6.07) is 12.3. The Kier molecular flexibility index (Phi) is 5.11. The van der Waals surface area contributed by atoms with Gasteiger partial charge in [0.2, 0.25) is 0 Å². The molecular weight excluding hydrogens is 286 g/mol. The highest BCUT2D eigenvalue weighted by Crippen LogP contribution is 2.24. The van der Waals surface area contributed by atoms with Crippen molar-refractivity contribution in [1.82, 2.24) is 0 Å². The van der Waals surface area contributed by atoms with Gasteiger partial charge in [-0.15, -0.1) is 11.8 Å². The number of ether oxygens (including phenoxy) is 1. The first-order valence-electron chi connectivity index (χ1n) is 6.51. The van der Waals surface area contributed by atoms with Crippen LogP contribution in [0.5, 0.6) is 5.75 Å². The lowest BCUT2D eigenvalue weighted by Gasteiger charge is -2.08. The Bertz CT molecular complexity index is 626. The van der Waals surface area contributed by atoms with Gasteiger partial charge in [0.1, 0.15) is 5.75 Å². The van der Waals surface area contributed by atoms with Gasteiger partial charge in [-0.3, -0.25) is 0 Å². The van der Waals surface area contributed by atoms with Crippen LogP contribution in [0.3, 0.4) is 0 Å². The average Bonchev–Trinajstić information content (AvgIpc) is 2.46. The van der Waals surface area contributed by atoms with E-state index in [-0.39, 0.29) is 5.56 Å². The molecule has 0 saturated heterocycles. The molecule has 0 bridgehead atoms. The van der Waals surface area contributed by atoms with Gasteiger partial charge >= 0.3 is 5.97 Å². The summed E-state index contributed by atoms with van der Waals surface area (Å²) in [4.78, 5) is 11.9. The summed E-state index contributed by atoms with van der Waals surface area (Å²) in [6.45, 7) is 2.59. The van der Waals surface area contributed by atoms with Gasteiger partial charge in [0.05, 0.1) is 12.2 Å². The quantitative estimate of drug-likeness (QED) is 0.486. The fraction of sp³-hybridized carbons (Fsp3) is 0.188. The summed E-state index contributed by atoms with van der Waals surface area (Å²) in [5.41, 5.74) is 7.90. The first-order valence-corrected chi connectivity index (χ1v) is 7.50. The second-order valence-corrected chi connectivity index (χ2v) is 5.69. The van der Waals surface area contributed by atoms with Gasteiger partial charge in [0, 0.05) is 16.3 Å². The van der Waals surface area contributed by atoms with Gasteiger partial charge in [0.25, 0.3) is 0 Å². The maximum absolute atomic E-state index is 10.7. The van der Waals surface area contributed by atoms with Gasteiger partial charge in [-0.05, 0) is 55.0 Å². The molecule has 0 atom stereocenters. The number of aromatic carboxylic acids is 1. The van der Waals surface area contributed by atoms with Crippen LogP contribution in [0, 0.1) is 6.92 Å². The number of hydrogen-bond donors (Lipinski definition) is 2. The monoisotopic (exact) mass is 303 g/mol. The minimum atomic E-state index is -0.934. The Balaban J connectivity index is 1.80. The van der Waals surface area contributed by atoms with E-state index in [2.05, 4.69) is 0 Å². The molecule has 0 saturated carbocycles. The number of thioether (sulfide) groups is 1. The summed E-state index contributed by atoms with van der Waals surface area (Å²) >= 11 is 1.71. The van der Waals surface area contributed by atoms with Crippen molar-refractivity contribution in [2.75, 3.05) is 18.1 Å². The van der Waals surface area contributed by atoms with Crippen LogP contribution in [-0.2, 0) is 0 Å². The van der Waals surface area contributed by atoms with Crippen LogP contribution < -0.4 is 10.5 Å². The third-order valence-corrected chi connectivity index (χ3v) is 4.05. The second-order valence-electron chi connectivity index (χ2n) is 4.55. The molecule has 110 valence electrons. The van der Waals surface area contributed by atoms with Crippen molar-refractivity contribution < 1.29 is 14.6 Å². The molecule has 0 aliphatic carbocycles. The number of nitrogen functional groups attached to an aromatic ring is 1. The number of carboxylic acid groups (broad SMARTS) is 1. The number of benzene rings is 2. The molecule has 0 heterocycles. The van der Waals surface area contributed by atoms with Crippen molar-refractivity contribution in [3.05, 3.63) is 53.6 Å². The normalized spacial score (nSPS) is 10.3. The molecule has 0 aromatic heterocycles. The molecule has 2 rings (SSSR count). The van der Waals surface area contributed by atoms with Gasteiger partial charge in [-0.1, -0.05) is 0 Å². The van der Waals surface area contributed by atoms with Crippen molar-refractivity contribution in [3.8, 4) is 5.75 Å². The summed E-state index contributed by atoms with van der Waals surface area (Å²) < 4.78 is 5.59. The Hall–Kier alpha value is -2.14. The van der Waals surface area contributed by atoms with Crippen LogP contribution in [0.4, 0.5) is 5.69 Å². The molecule has 0 aliphatic rings. The van der Waals surface area contributed by atoms with E-state index >= 15 is 0 Å². The van der Waals surface area contributed by atoms with Crippen LogP contribution in [0.2, 0.25) is 0 Å². The van der Waals surface area contributed by atoms with E-state index in [1.54, 1.807) is 23.9 Å². The van der Waals surface area contributed by atoms with E-state index in [4.69, 9.17) is 15.6 Å². The summed E-state index contributed by atoms with van der Waals surface area (Å²) in [6.07, 6.45) is 0. The van der Waals surface area contributed by atoms with Crippen LogP contribution in [0.15, 0.2) is 47.4 Å². The van der Waals surface area contributed by atoms with Crippen molar-refractivity contribution in [3.63, 3.8) is 0 Å². The highest BCUT2D eigenvalue weighted by molar-refractivity contribution is 7.99. The van der Waals surface area contributed by atoms with Crippen LogP contribution in [0.25, 0.3) is 0 Å². The van der Waals surface area contributed by atoms with Gasteiger partial charge in [-0.2, -0.15) is 0 Å². The predicted octanol–water partition coefficient (Wildman–Crippen LogP) is 3.45. The number of nitrogens with two attached hydrogens (primary N) is 1. The van der Waals surface area contributed by atoms with E-state index in [0.29, 0.717) is 12.4 Å². The number of hydrogen-bond acceptors (Lipinski definition) is 4. The maximum atomic E-state index is 10.7. The fourth-order valence-electron chi connectivity index (χ4n) is 1.84. The lowest BCUT2D eigenvalue weighted by atomic mass is 10.2. The van der Waals surface area contributed by atoms with Crippen LogP contribution in [0.1, 0.15) is 15.9 Å². The molecule has 3 N–H and O–H groups in total. The Labute approximate surface area is 127 Å². The number of anilines is 1. The molecule has 0 fully saturated rings. The molecule has 0 unspecified atom stereocenters. The molecule has 0 radical (unpaired) electrons. The topological polar surface area (TPSA) is 72.5 Å². The lowest BCUT2D eigenvalue weighted by Crippen LogP contribution is -2.01. The van der Waals surface area contributed by atoms with Crippen molar-refractivity contribution in [1.29, 1.82) is 0 Å². The highest BCUT2D eigenvalue weighted by atomic mass is 32.2. The minimum absolute atomic E-state index is 0.259. The Morgan fingerprint density at radius 3 is 2.57 bits per heavy atom. The van der Waals surface area contributed by atoms with Crippen LogP contribution >= 0.6 is 11.8 Å². The van der Waals surface area contributed by atoms with Gasteiger partial charge < -0.3 is 15.6 Å². The number of carbonyl (C=O) groups is 1. The van der Waals surface area contributed by atoms with E-state index in [9.17, 15) is 4.79 Å². The first-order chi connectivity index (χ1) is 10.1. The standard InChI is InChI=1S/C16H17NO3S/c1-11-10-13(17)4-7-15(11)21-9-8-20-14-5-2-12(3-6-14)16(18)19/h2-7,10H,8-9,17H2,1H3,(H,18,19). The number of carboxylic acids is 1. The van der Waals surface area contributed by atoms with E-state index in [0.717, 1.165) is 17.0 Å². The predicted molar refractivity (Wildman–Crippen MR) is 85.2 cm³/mol. The second kappa shape index (κ2) is 7.04. The first kappa shape index (κ1) is 15.3. The van der Waals surface area contributed by atoms with E-state index in [1.165, 1.54) is 17.0 Å². The Morgan fingerprint density at radius 1 is 1.24 bits per heavy atom. The minimum Gasteiger partial charge on any atom is -0.493 e.